The van der Waals surface area contributed by atoms with Crippen LogP contribution in [0.15, 0.2) is 42.5 Å². The molecule has 0 spiro atoms. The molecule has 0 aliphatic carbocycles. The molecular weight excluding hydrogens is 388 g/mol. The highest BCUT2D eigenvalue weighted by molar-refractivity contribution is 6.30. The minimum Gasteiger partial charge on any atom is -0.483 e. The normalized spacial score (nSPS) is 11.8. The van der Waals surface area contributed by atoms with Crippen molar-refractivity contribution in [2.45, 2.75) is 53.2 Å². The second-order valence-corrected chi connectivity index (χ2v) is 7.91. The number of hydrogen-bond acceptors (Lipinski definition) is 3. The number of amides is 2. The maximum atomic E-state index is 13.0. The van der Waals surface area contributed by atoms with Gasteiger partial charge in [-0.2, -0.15) is 0 Å². The molecule has 0 saturated carbocycles. The topological polar surface area (TPSA) is 58.6 Å². The SMILES string of the molecule is Cc1cccc(OCC(=O)N(Cc2cccc(Cl)c2)[C@H](C)C(=O)NC(C)C)c1C. The van der Waals surface area contributed by atoms with E-state index in [2.05, 4.69) is 5.32 Å². The van der Waals surface area contributed by atoms with Crippen molar-refractivity contribution in [2.75, 3.05) is 6.61 Å². The molecule has 29 heavy (non-hydrogen) atoms. The summed E-state index contributed by atoms with van der Waals surface area (Å²) in [4.78, 5) is 27.1. The zero-order valence-corrected chi connectivity index (χ0v) is 18.4. The van der Waals surface area contributed by atoms with Crippen LogP contribution >= 0.6 is 11.6 Å². The average Bonchev–Trinajstić information content (AvgIpc) is 2.66. The van der Waals surface area contributed by atoms with E-state index in [-0.39, 0.29) is 31.0 Å². The molecule has 2 rings (SSSR count). The Balaban J connectivity index is 2.19. The molecule has 156 valence electrons. The number of aryl methyl sites for hydroxylation is 1. The van der Waals surface area contributed by atoms with E-state index in [9.17, 15) is 9.59 Å². The number of benzene rings is 2. The Morgan fingerprint density at radius 2 is 1.79 bits per heavy atom. The van der Waals surface area contributed by atoms with Crippen molar-refractivity contribution in [2.24, 2.45) is 0 Å². The molecule has 0 radical (unpaired) electrons. The molecule has 0 bridgehead atoms. The molecule has 6 heteroatoms. The van der Waals surface area contributed by atoms with Crippen LogP contribution in [0.25, 0.3) is 0 Å². The van der Waals surface area contributed by atoms with Crippen molar-refractivity contribution in [1.29, 1.82) is 0 Å². The molecule has 0 aliphatic heterocycles. The van der Waals surface area contributed by atoms with Crippen LogP contribution in [0.4, 0.5) is 0 Å². The fraction of sp³-hybridized carbons (Fsp3) is 0.391. The summed E-state index contributed by atoms with van der Waals surface area (Å²) in [5.41, 5.74) is 2.93. The van der Waals surface area contributed by atoms with Crippen LogP contribution in [-0.4, -0.2) is 35.4 Å². The summed E-state index contributed by atoms with van der Waals surface area (Å²) < 4.78 is 5.78. The fourth-order valence-corrected chi connectivity index (χ4v) is 3.14. The van der Waals surface area contributed by atoms with Crippen LogP contribution in [0.5, 0.6) is 5.75 Å². The Hall–Kier alpha value is -2.53. The number of carbonyl (C=O) groups excluding carboxylic acids is 2. The van der Waals surface area contributed by atoms with E-state index < -0.39 is 6.04 Å². The fourth-order valence-electron chi connectivity index (χ4n) is 2.92. The van der Waals surface area contributed by atoms with Gasteiger partial charge in [-0.25, -0.2) is 0 Å². The minimum atomic E-state index is -0.647. The molecule has 0 fully saturated rings. The van der Waals surface area contributed by atoms with Crippen LogP contribution in [-0.2, 0) is 16.1 Å². The van der Waals surface area contributed by atoms with Gasteiger partial charge in [0.05, 0.1) is 0 Å². The van der Waals surface area contributed by atoms with Gasteiger partial charge in [-0.05, 0) is 69.5 Å². The summed E-state index contributed by atoms with van der Waals surface area (Å²) in [6, 6.07) is 12.3. The number of hydrogen-bond donors (Lipinski definition) is 1. The molecule has 0 heterocycles. The maximum absolute atomic E-state index is 13.0. The van der Waals surface area contributed by atoms with Gasteiger partial charge in [0.25, 0.3) is 5.91 Å². The van der Waals surface area contributed by atoms with E-state index in [1.807, 2.05) is 58.0 Å². The first-order valence-corrected chi connectivity index (χ1v) is 10.1. The van der Waals surface area contributed by atoms with Gasteiger partial charge in [-0.3, -0.25) is 9.59 Å². The molecule has 0 unspecified atom stereocenters. The Labute approximate surface area is 178 Å². The molecule has 0 saturated heterocycles. The third-order valence-electron chi connectivity index (χ3n) is 4.75. The van der Waals surface area contributed by atoms with Gasteiger partial charge < -0.3 is 15.0 Å². The summed E-state index contributed by atoms with van der Waals surface area (Å²) in [5, 5.41) is 3.45. The Morgan fingerprint density at radius 3 is 2.45 bits per heavy atom. The molecule has 5 nitrogen and oxygen atoms in total. The lowest BCUT2D eigenvalue weighted by atomic mass is 10.1. The summed E-state index contributed by atoms with van der Waals surface area (Å²) in [6.45, 7) is 9.56. The van der Waals surface area contributed by atoms with E-state index >= 15 is 0 Å². The standard InChI is InChI=1S/C23H29ClN2O3/c1-15(2)25-23(28)18(5)26(13-19-9-7-10-20(24)12-19)22(27)14-29-21-11-6-8-16(3)17(21)4/h6-12,15,18H,13-14H2,1-5H3,(H,25,28)/t18-/m1/s1. The molecule has 0 aromatic heterocycles. The lowest BCUT2D eigenvalue weighted by molar-refractivity contribution is -0.142. The zero-order chi connectivity index (χ0) is 21.6. The Kier molecular flexibility index (Phi) is 8.09. The van der Waals surface area contributed by atoms with Crippen LogP contribution in [0.3, 0.4) is 0 Å². The number of nitrogens with zero attached hydrogens (tertiary/aromatic N) is 1. The first kappa shape index (κ1) is 22.8. The van der Waals surface area contributed by atoms with Crippen molar-refractivity contribution in [1.82, 2.24) is 10.2 Å². The maximum Gasteiger partial charge on any atom is 0.261 e. The second-order valence-electron chi connectivity index (χ2n) is 7.48. The van der Waals surface area contributed by atoms with E-state index in [4.69, 9.17) is 16.3 Å². The smallest absolute Gasteiger partial charge is 0.261 e. The monoisotopic (exact) mass is 416 g/mol. The van der Waals surface area contributed by atoms with Gasteiger partial charge in [0.1, 0.15) is 11.8 Å². The highest BCUT2D eigenvalue weighted by atomic mass is 35.5. The molecule has 1 atom stereocenters. The van der Waals surface area contributed by atoms with E-state index in [1.54, 1.807) is 19.1 Å². The summed E-state index contributed by atoms with van der Waals surface area (Å²) in [5.74, 6) is 0.194. The lowest BCUT2D eigenvalue weighted by Gasteiger charge is -2.29. The van der Waals surface area contributed by atoms with Crippen molar-refractivity contribution in [3.63, 3.8) is 0 Å². The Morgan fingerprint density at radius 1 is 1.10 bits per heavy atom. The van der Waals surface area contributed by atoms with Gasteiger partial charge in [0.2, 0.25) is 5.91 Å². The van der Waals surface area contributed by atoms with Crippen LogP contribution in [0.1, 0.15) is 37.5 Å². The first-order chi connectivity index (χ1) is 13.7. The number of nitrogens with one attached hydrogen (secondary N) is 1. The second kappa shape index (κ2) is 10.3. The van der Waals surface area contributed by atoms with E-state index in [0.717, 1.165) is 16.7 Å². The molecule has 0 aliphatic rings. The predicted octanol–water partition coefficient (Wildman–Crippen LogP) is 4.28. The van der Waals surface area contributed by atoms with Crippen molar-refractivity contribution >= 4 is 23.4 Å². The van der Waals surface area contributed by atoms with Gasteiger partial charge in [-0.15, -0.1) is 0 Å². The van der Waals surface area contributed by atoms with Crippen LogP contribution < -0.4 is 10.1 Å². The van der Waals surface area contributed by atoms with Crippen LogP contribution in [0, 0.1) is 13.8 Å². The number of carbonyl (C=O) groups is 2. The third-order valence-corrected chi connectivity index (χ3v) is 4.98. The lowest BCUT2D eigenvalue weighted by Crippen LogP contribution is -2.50. The number of halogens is 1. The molecule has 1 N–H and O–H groups in total. The summed E-state index contributed by atoms with van der Waals surface area (Å²) in [6.07, 6.45) is 0. The van der Waals surface area contributed by atoms with Gasteiger partial charge in [0, 0.05) is 17.6 Å². The predicted molar refractivity (Wildman–Crippen MR) is 116 cm³/mol. The summed E-state index contributed by atoms with van der Waals surface area (Å²) >= 11 is 6.08. The largest absolute Gasteiger partial charge is 0.483 e. The van der Waals surface area contributed by atoms with Crippen molar-refractivity contribution in [3.05, 3.63) is 64.2 Å². The molecular formula is C23H29ClN2O3. The zero-order valence-electron chi connectivity index (χ0n) is 17.7. The Bertz CT molecular complexity index is 867. The quantitative estimate of drug-likeness (QED) is 0.698. The molecule has 2 aromatic carbocycles. The third kappa shape index (κ3) is 6.50. The van der Waals surface area contributed by atoms with Crippen molar-refractivity contribution in [3.8, 4) is 5.75 Å². The number of ether oxygens (including phenoxy) is 1. The molecule has 2 aromatic rings. The number of rotatable bonds is 8. The minimum absolute atomic E-state index is 0.0146. The average molecular weight is 417 g/mol. The first-order valence-electron chi connectivity index (χ1n) is 9.72. The highest BCUT2D eigenvalue weighted by Gasteiger charge is 2.27. The van der Waals surface area contributed by atoms with Crippen molar-refractivity contribution < 1.29 is 14.3 Å². The summed E-state index contributed by atoms with van der Waals surface area (Å²) in [7, 11) is 0. The molecule has 2 amide bonds. The van der Waals surface area contributed by atoms with Gasteiger partial charge in [0.15, 0.2) is 6.61 Å². The van der Waals surface area contributed by atoms with E-state index in [1.165, 1.54) is 4.90 Å². The highest BCUT2D eigenvalue weighted by Crippen LogP contribution is 2.21. The van der Waals surface area contributed by atoms with Gasteiger partial charge >= 0.3 is 0 Å². The van der Waals surface area contributed by atoms with Gasteiger partial charge in [-0.1, -0.05) is 35.9 Å². The van der Waals surface area contributed by atoms with E-state index in [0.29, 0.717) is 10.8 Å². The van der Waals surface area contributed by atoms with Crippen LogP contribution in [0.2, 0.25) is 5.02 Å².